The van der Waals surface area contributed by atoms with Gasteiger partial charge in [0.15, 0.2) is 0 Å². The van der Waals surface area contributed by atoms with E-state index >= 15 is 0 Å². The Labute approximate surface area is 128 Å². The van der Waals surface area contributed by atoms with Crippen LogP contribution in [0.2, 0.25) is 0 Å². The first-order valence-electron chi connectivity index (χ1n) is 8.16. The third-order valence-electron chi connectivity index (χ3n) is 4.35. The Balaban J connectivity index is 3.12. The summed E-state index contributed by atoms with van der Waals surface area (Å²) in [7, 11) is 0. The molecule has 0 aromatic carbocycles. The van der Waals surface area contributed by atoms with Gasteiger partial charge in [0, 0.05) is 0 Å². The number of nitrogens with zero attached hydrogens (tertiary/aromatic N) is 2. The number of unbranched alkanes of at least 4 members (excludes halogenated alkanes) is 1. The smallest absolute Gasteiger partial charge is 0.253 e. The summed E-state index contributed by atoms with van der Waals surface area (Å²) in [6.45, 7) is 8.68. The number of hydrogen-bond acceptors (Lipinski definition) is 4. The van der Waals surface area contributed by atoms with Gasteiger partial charge >= 0.3 is 0 Å². The van der Waals surface area contributed by atoms with E-state index in [2.05, 4.69) is 25.7 Å². The van der Waals surface area contributed by atoms with Gasteiger partial charge in [-0.3, -0.25) is 9.48 Å². The van der Waals surface area contributed by atoms with Gasteiger partial charge in [-0.15, -0.1) is 0 Å². The fraction of sp³-hybridized carbons (Fsp3) is 0.875. The van der Waals surface area contributed by atoms with E-state index in [0.29, 0.717) is 13.1 Å². The fourth-order valence-corrected chi connectivity index (χ4v) is 3.53. The molecule has 0 saturated carbocycles. The predicted octanol–water partition coefficient (Wildman–Crippen LogP) is 0.452. The molecule has 1 heterocycles. The first-order chi connectivity index (χ1) is 9.98. The van der Waals surface area contributed by atoms with Crippen molar-refractivity contribution < 1.29 is 19.6 Å². The van der Waals surface area contributed by atoms with E-state index in [9.17, 15) is 15.0 Å². The van der Waals surface area contributed by atoms with Crippen LogP contribution >= 0.6 is 0 Å². The highest BCUT2D eigenvalue weighted by Gasteiger charge is 2.43. The van der Waals surface area contributed by atoms with Crippen molar-refractivity contribution in [1.29, 1.82) is 0 Å². The largest absolute Gasteiger partial charge is 0.546 e. The van der Waals surface area contributed by atoms with Crippen molar-refractivity contribution in [2.24, 2.45) is 5.41 Å². The van der Waals surface area contributed by atoms with E-state index in [0.717, 1.165) is 44.5 Å². The number of carboxylic acid groups (broad SMARTS) is 1. The maximum Gasteiger partial charge on any atom is 0.253 e. The van der Waals surface area contributed by atoms with E-state index in [1.807, 2.05) is 4.58 Å². The van der Waals surface area contributed by atoms with Gasteiger partial charge < -0.3 is 15.0 Å². The van der Waals surface area contributed by atoms with Gasteiger partial charge in [-0.05, 0) is 19.8 Å². The summed E-state index contributed by atoms with van der Waals surface area (Å²) in [5.74, 6) is 0.0590. The highest BCUT2D eigenvalue weighted by Crippen LogP contribution is 2.34. The molecule has 1 aliphatic heterocycles. The number of aliphatic carboxylic acids is 1. The minimum atomic E-state index is -1.03. The maximum atomic E-state index is 11.0. The van der Waals surface area contributed by atoms with Gasteiger partial charge in [0.1, 0.15) is 26.2 Å². The topological polar surface area (TPSA) is 66.6 Å². The number of amidine groups is 1. The van der Waals surface area contributed by atoms with Crippen LogP contribution in [-0.4, -0.2) is 59.2 Å². The molecule has 1 atom stereocenters. The molecule has 1 unspecified atom stereocenters. The number of hydrogen-bond donors (Lipinski definition) is 1. The molecule has 5 nitrogen and oxygen atoms in total. The zero-order valence-corrected chi connectivity index (χ0v) is 13.7. The number of carbonyl (C=O) groups is 1. The van der Waals surface area contributed by atoms with Crippen molar-refractivity contribution in [3.8, 4) is 0 Å². The Kier molecular flexibility index (Phi) is 7.15. The average Bonchev–Trinajstić information content (AvgIpc) is 2.80. The number of aliphatic hydroxyl groups excluding tert-OH is 1. The summed E-state index contributed by atoms with van der Waals surface area (Å²) < 4.78 is 1.94. The summed E-state index contributed by atoms with van der Waals surface area (Å²) in [5.41, 5.74) is -0.0219. The van der Waals surface area contributed by atoms with Crippen molar-refractivity contribution >= 4 is 11.8 Å². The van der Waals surface area contributed by atoms with Crippen LogP contribution in [0.4, 0.5) is 0 Å². The lowest BCUT2D eigenvalue weighted by molar-refractivity contribution is -0.522. The van der Waals surface area contributed by atoms with Crippen LogP contribution in [0.15, 0.2) is 0 Å². The molecule has 1 rings (SSSR count). The van der Waals surface area contributed by atoms with E-state index in [1.54, 1.807) is 0 Å². The first kappa shape index (κ1) is 18.0. The van der Waals surface area contributed by atoms with Crippen LogP contribution in [0.25, 0.3) is 0 Å². The third-order valence-corrected chi connectivity index (χ3v) is 4.35. The van der Waals surface area contributed by atoms with Crippen molar-refractivity contribution in [1.82, 2.24) is 4.90 Å². The van der Waals surface area contributed by atoms with Gasteiger partial charge in [-0.25, -0.2) is 0 Å². The quantitative estimate of drug-likeness (QED) is 0.595. The molecule has 0 radical (unpaired) electrons. The molecule has 0 saturated heterocycles. The Morgan fingerprint density at radius 3 is 2.62 bits per heavy atom. The van der Waals surface area contributed by atoms with Crippen LogP contribution in [0.5, 0.6) is 0 Å². The molecule has 0 amide bonds. The molecule has 21 heavy (non-hydrogen) atoms. The second kappa shape index (κ2) is 8.37. The second-order valence-corrected chi connectivity index (χ2v) is 6.24. The second-order valence-electron chi connectivity index (χ2n) is 6.24. The average molecular weight is 298 g/mol. The Morgan fingerprint density at radius 1 is 1.38 bits per heavy atom. The zero-order valence-electron chi connectivity index (χ0n) is 13.7. The summed E-state index contributed by atoms with van der Waals surface area (Å²) in [5, 5.41) is 20.3. The molecule has 0 bridgehead atoms. The zero-order chi connectivity index (χ0) is 15.9. The van der Waals surface area contributed by atoms with Crippen molar-refractivity contribution in [3.63, 3.8) is 0 Å². The van der Waals surface area contributed by atoms with Crippen molar-refractivity contribution in [2.45, 2.75) is 52.9 Å². The summed E-state index contributed by atoms with van der Waals surface area (Å²) in [6, 6.07) is 0. The van der Waals surface area contributed by atoms with Crippen molar-refractivity contribution in [3.05, 3.63) is 0 Å². The lowest BCUT2D eigenvalue weighted by atomic mass is 9.79. The molecular formula is C16H30N2O3. The highest BCUT2D eigenvalue weighted by atomic mass is 16.4. The van der Waals surface area contributed by atoms with Crippen LogP contribution in [0.3, 0.4) is 0 Å². The van der Waals surface area contributed by atoms with E-state index in [4.69, 9.17) is 0 Å². The minimum Gasteiger partial charge on any atom is -0.546 e. The van der Waals surface area contributed by atoms with Crippen LogP contribution in [0, 0.1) is 5.41 Å². The molecule has 5 heteroatoms. The minimum absolute atomic E-state index is 0.0219. The van der Waals surface area contributed by atoms with E-state index in [-0.39, 0.29) is 18.6 Å². The molecule has 0 aromatic rings. The van der Waals surface area contributed by atoms with Crippen LogP contribution < -0.4 is 5.11 Å². The number of rotatable bonds is 10. The van der Waals surface area contributed by atoms with Crippen molar-refractivity contribution in [2.75, 3.05) is 32.8 Å². The summed E-state index contributed by atoms with van der Waals surface area (Å²) in [4.78, 5) is 13.2. The summed E-state index contributed by atoms with van der Waals surface area (Å²) >= 11 is 0. The molecule has 0 fully saturated rings. The molecule has 0 spiro atoms. The molecule has 0 aliphatic carbocycles. The predicted molar refractivity (Wildman–Crippen MR) is 81.2 cm³/mol. The molecule has 0 aromatic heterocycles. The maximum absolute atomic E-state index is 11.0. The monoisotopic (exact) mass is 298 g/mol. The highest BCUT2D eigenvalue weighted by molar-refractivity contribution is 5.85. The Bertz CT molecular complexity index is 382. The van der Waals surface area contributed by atoms with E-state index in [1.165, 1.54) is 0 Å². The summed E-state index contributed by atoms with van der Waals surface area (Å²) in [6.07, 6.45) is 5.42. The van der Waals surface area contributed by atoms with Crippen LogP contribution in [-0.2, 0) is 4.79 Å². The normalized spacial score (nSPS) is 18.2. The van der Waals surface area contributed by atoms with Gasteiger partial charge in [0.05, 0.1) is 18.0 Å². The Morgan fingerprint density at radius 2 is 2.10 bits per heavy atom. The molecule has 122 valence electrons. The number of carboxylic acids is 1. The van der Waals surface area contributed by atoms with Gasteiger partial charge in [0.2, 0.25) is 0 Å². The van der Waals surface area contributed by atoms with E-state index < -0.39 is 5.97 Å². The number of carbonyl (C=O) groups excluding carboxylic acids is 1. The van der Waals surface area contributed by atoms with Gasteiger partial charge in [0.25, 0.3) is 5.84 Å². The van der Waals surface area contributed by atoms with Crippen LogP contribution in [0.1, 0.15) is 52.9 Å². The molecule has 1 N–H and O–H groups in total. The third kappa shape index (κ3) is 4.70. The molecule has 1 aliphatic rings. The van der Waals surface area contributed by atoms with Gasteiger partial charge in [-0.1, -0.05) is 33.1 Å². The Hall–Kier alpha value is -1.10. The first-order valence-corrected chi connectivity index (χ1v) is 8.16. The fourth-order valence-electron chi connectivity index (χ4n) is 3.53. The lowest BCUT2D eigenvalue weighted by Crippen LogP contribution is -2.45. The standard InChI is InChI=1S/C16H30N2O3/c1-4-6-8-16(3,7-5-2)15-17(11-12-19)9-10-18(15)13-14(20)21/h19H,4-13H2,1-3H3. The lowest BCUT2D eigenvalue weighted by Gasteiger charge is -2.31. The number of β-amino-alcohol motifs (C(OH)–C–C–N with tert-alkyl or cyclic N) is 1. The SMILES string of the molecule is CCCCC(C)(CCC)C1=[N+](CC(=O)[O-])CCN1CCO. The van der Waals surface area contributed by atoms with Gasteiger partial charge in [-0.2, -0.15) is 0 Å². The number of aliphatic hydroxyl groups is 1. The molecular weight excluding hydrogens is 268 g/mol.